The normalized spacial score (nSPS) is 12.6. The molecule has 194 valence electrons. The van der Waals surface area contributed by atoms with Crippen LogP contribution in [-0.4, -0.2) is 18.0 Å². The number of aromatic nitrogens is 1. The van der Waals surface area contributed by atoms with Crippen LogP contribution in [0.25, 0.3) is 32.6 Å². The molecule has 0 saturated carbocycles. The molecule has 0 radical (unpaired) electrons. The molecule has 1 aliphatic carbocycles. The highest BCUT2D eigenvalue weighted by Crippen LogP contribution is 2.43. The summed E-state index contributed by atoms with van der Waals surface area (Å²) < 4.78 is 5.32. The number of carbonyl (C=O) groups is 1. The van der Waals surface area contributed by atoms with Crippen LogP contribution in [0.4, 0.5) is 10.7 Å². The van der Waals surface area contributed by atoms with Gasteiger partial charge < -0.3 is 15.8 Å². The van der Waals surface area contributed by atoms with Crippen LogP contribution < -0.4 is 15.8 Å². The number of aryl methyl sites for hydroxylation is 2. The van der Waals surface area contributed by atoms with Gasteiger partial charge in [-0.25, -0.2) is 4.98 Å². The van der Waals surface area contributed by atoms with Crippen LogP contribution >= 0.6 is 22.7 Å². The highest BCUT2D eigenvalue weighted by molar-refractivity contribution is 7.21. The lowest BCUT2D eigenvalue weighted by Gasteiger charge is -2.10. The van der Waals surface area contributed by atoms with Crippen molar-refractivity contribution in [2.24, 2.45) is 0 Å². The Balaban J connectivity index is 1.46. The molecule has 0 bridgehead atoms. The van der Waals surface area contributed by atoms with Gasteiger partial charge in [-0.15, -0.1) is 22.7 Å². The predicted octanol–water partition coefficient (Wildman–Crippen LogP) is 7.59. The third kappa shape index (κ3) is 4.54. The second-order valence-electron chi connectivity index (χ2n) is 9.66. The first kappa shape index (κ1) is 25.1. The first-order valence-electron chi connectivity index (χ1n) is 12.8. The number of fused-ring (bicyclic) bond motifs is 2. The summed E-state index contributed by atoms with van der Waals surface area (Å²) in [4.78, 5) is 20.8. The van der Waals surface area contributed by atoms with Crippen LogP contribution in [0.5, 0.6) is 5.75 Å². The lowest BCUT2D eigenvalue weighted by atomic mass is 9.96. The van der Waals surface area contributed by atoms with Gasteiger partial charge in [0.2, 0.25) is 0 Å². The number of rotatable bonds is 5. The summed E-state index contributed by atoms with van der Waals surface area (Å²) in [5.41, 5.74) is 13.6. The maximum Gasteiger partial charge on any atom is 0.268 e. The third-order valence-corrected chi connectivity index (χ3v) is 9.47. The number of anilines is 2. The number of amides is 1. The number of hydrogen-bond acceptors (Lipinski definition) is 7. The van der Waals surface area contributed by atoms with Crippen LogP contribution in [-0.2, 0) is 12.8 Å². The van der Waals surface area contributed by atoms with Gasteiger partial charge in [0, 0.05) is 15.8 Å². The van der Waals surface area contributed by atoms with Crippen molar-refractivity contribution in [1.29, 1.82) is 5.26 Å². The maximum atomic E-state index is 13.6. The van der Waals surface area contributed by atoms with Crippen LogP contribution in [0, 0.1) is 18.3 Å². The van der Waals surface area contributed by atoms with Gasteiger partial charge in [0.05, 0.1) is 24.1 Å². The quantitative estimate of drug-likeness (QED) is 0.235. The summed E-state index contributed by atoms with van der Waals surface area (Å²) in [6, 6.07) is 20.3. The van der Waals surface area contributed by atoms with Crippen molar-refractivity contribution < 1.29 is 9.53 Å². The molecule has 3 heterocycles. The molecule has 0 atom stereocenters. The largest absolute Gasteiger partial charge is 0.497 e. The van der Waals surface area contributed by atoms with Gasteiger partial charge in [0.25, 0.3) is 5.91 Å². The molecule has 0 saturated heterocycles. The summed E-state index contributed by atoms with van der Waals surface area (Å²) in [6.07, 6.45) is 4.01. The lowest BCUT2D eigenvalue weighted by Crippen LogP contribution is -2.12. The molecule has 6 nitrogen and oxygen atoms in total. The van der Waals surface area contributed by atoms with Crippen molar-refractivity contribution in [3.8, 4) is 34.2 Å². The van der Waals surface area contributed by atoms with E-state index in [-0.39, 0.29) is 5.91 Å². The second-order valence-corrected chi connectivity index (χ2v) is 11.8. The molecule has 0 fully saturated rings. The molecule has 1 amide bonds. The molecule has 5 aromatic rings. The van der Waals surface area contributed by atoms with Crippen molar-refractivity contribution in [2.45, 2.75) is 32.6 Å². The molecule has 39 heavy (non-hydrogen) atoms. The van der Waals surface area contributed by atoms with E-state index >= 15 is 0 Å². The Labute approximate surface area is 234 Å². The minimum Gasteiger partial charge on any atom is -0.497 e. The number of benzene rings is 2. The minimum atomic E-state index is -0.313. The first-order valence-corrected chi connectivity index (χ1v) is 14.4. The van der Waals surface area contributed by atoms with Gasteiger partial charge in [-0.3, -0.25) is 4.79 Å². The van der Waals surface area contributed by atoms with E-state index in [1.807, 2.05) is 37.3 Å². The first-order chi connectivity index (χ1) is 19.0. The fraction of sp³-hybridized carbons (Fsp3) is 0.194. The van der Waals surface area contributed by atoms with E-state index in [9.17, 15) is 10.1 Å². The zero-order chi connectivity index (χ0) is 27.1. The van der Waals surface area contributed by atoms with Gasteiger partial charge in [-0.2, -0.15) is 5.26 Å². The smallest absolute Gasteiger partial charge is 0.268 e. The monoisotopic (exact) mass is 550 g/mol. The molecule has 2 aromatic carbocycles. The fourth-order valence-electron chi connectivity index (χ4n) is 5.09. The molecule has 0 aliphatic heterocycles. The average Bonchev–Trinajstić information content (AvgIpc) is 3.49. The van der Waals surface area contributed by atoms with Crippen molar-refractivity contribution in [3.63, 3.8) is 0 Å². The molecule has 0 spiro atoms. The van der Waals surface area contributed by atoms with E-state index in [1.165, 1.54) is 27.6 Å². The fourth-order valence-corrected chi connectivity index (χ4v) is 7.34. The Morgan fingerprint density at radius 2 is 1.77 bits per heavy atom. The van der Waals surface area contributed by atoms with Crippen LogP contribution in [0.1, 0.15) is 44.1 Å². The molecule has 3 N–H and O–H groups in total. The van der Waals surface area contributed by atoms with Gasteiger partial charge in [-0.05, 0) is 79.6 Å². The zero-order valence-corrected chi connectivity index (χ0v) is 23.3. The number of methoxy groups -OCH3 is 1. The van der Waals surface area contributed by atoms with E-state index in [2.05, 4.69) is 35.7 Å². The summed E-state index contributed by atoms with van der Waals surface area (Å²) >= 11 is 2.79. The molecule has 6 rings (SSSR count). The van der Waals surface area contributed by atoms with E-state index < -0.39 is 0 Å². The number of ether oxygens (including phenoxy) is 1. The number of nitrogens with two attached hydrogens (primary N) is 1. The van der Waals surface area contributed by atoms with Gasteiger partial charge in [0.1, 0.15) is 26.5 Å². The number of pyridine rings is 1. The summed E-state index contributed by atoms with van der Waals surface area (Å²) in [7, 11) is 1.64. The molecule has 3 aromatic heterocycles. The molecular weight excluding hydrogens is 525 g/mol. The Morgan fingerprint density at radius 3 is 2.49 bits per heavy atom. The van der Waals surface area contributed by atoms with Crippen molar-refractivity contribution in [3.05, 3.63) is 81.0 Å². The molecule has 1 aliphatic rings. The third-order valence-electron chi connectivity index (χ3n) is 7.16. The summed E-state index contributed by atoms with van der Waals surface area (Å²) in [5, 5.41) is 14.2. The van der Waals surface area contributed by atoms with E-state index in [4.69, 9.17) is 15.5 Å². The van der Waals surface area contributed by atoms with Crippen molar-refractivity contribution in [2.75, 3.05) is 18.2 Å². The Kier molecular flexibility index (Phi) is 6.55. The molecule has 0 unspecified atom stereocenters. The second kappa shape index (κ2) is 10.2. The average molecular weight is 551 g/mol. The highest BCUT2D eigenvalue weighted by Gasteiger charge is 2.25. The lowest BCUT2D eigenvalue weighted by molar-refractivity contribution is 0.103. The Morgan fingerprint density at radius 1 is 1.05 bits per heavy atom. The molecule has 8 heteroatoms. The number of carbonyl (C=O) groups excluding carboxylic acids is 1. The van der Waals surface area contributed by atoms with Crippen molar-refractivity contribution >= 4 is 49.5 Å². The van der Waals surface area contributed by atoms with E-state index in [0.717, 1.165) is 70.3 Å². The zero-order valence-electron chi connectivity index (χ0n) is 21.6. The van der Waals surface area contributed by atoms with Gasteiger partial charge in [-0.1, -0.05) is 29.8 Å². The number of thiophene rings is 2. The maximum absolute atomic E-state index is 13.6. The molecular formula is C31H26N4O2S2. The predicted molar refractivity (Wildman–Crippen MR) is 160 cm³/mol. The van der Waals surface area contributed by atoms with Gasteiger partial charge >= 0.3 is 0 Å². The number of nitriles is 1. The number of nitrogens with one attached hydrogen (secondary N) is 1. The van der Waals surface area contributed by atoms with Crippen LogP contribution in [0.3, 0.4) is 0 Å². The standard InChI is InChI=1S/C31H26N4O2S2/c1-17-7-9-18(10-8-17)22-15-24(19-11-13-20(37-2)14-12-19)34-31-26(22)27(33)28(39-31)29(36)35-30-23(16-32)21-5-3-4-6-25(21)38-30/h7-15H,3-6,33H2,1-2H3,(H,35,36). The number of nitrogen functional groups attached to an aromatic ring is 1. The van der Waals surface area contributed by atoms with E-state index in [1.54, 1.807) is 7.11 Å². The summed E-state index contributed by atoms with van der Waals surface area (Å²) in [6.45, 7) is 2.05. The Hall–Kier alpha value is -4.19. The highest BCUT2D eigenvalue weighted by atomic mass is 32.1. The van der Waals surface area contributed by atoms with Gasteiger partial charge in [0.15, 0.2) is 0 Å². The van der Waals surface area contributed by atoms with Crippen LogP contribution in [0.15, 0.2) is 54.6 Å². The van der Waals surface area contributed by atoms with Crippen LogP contribution in [0.2, 0.25) is 0 Å². The topological polar surface area (TPSA) is 101 Å². The SMILES string of the molecule is COc1ccc(-c2cc(-c3ccc(C)cc3)c3c(N)c(C(=O)Nc4sc5c(c4C#N)CCCC5)sc3n2)cc1. The van der Waals surface area contributed by atoms with E-state index in [0.29, 0.717) is 26.0 Å². The Bertz CT molecular complexity index is 1760. The van der Waals surface area contributed by atoms with Crippen molar-refractivity contribution in [1.82, 2.24) is 4.98 Å². The number of hydrogen-bond donors (Lipinski definition) is 2. The summed E-state index contributed by atoms with van der Waals surface area (Å²) in [5.74, 6) is 0.455. The minimum absolute atomic E-state index is 0.313. The number of nitrogens with zero attached hydrogens (tertiary/aromatic N) is 2.